The fourth-order valence-corrected chi connectivity index (χ4v) is 1.57. The van der Waals surface area contributed by atoms with Crippen molar-refractivity contribution in [2.24, 2.45) is 5.84 Å². The summed E-state index contributed by atoms with van der Waals surface area (Å²) in [5.41, 5.74) is 5.91. The zero-order valence-electron chi connectivity index (χ0n) is 7.10. The van der Waals surface area contributed by atoms with Gasteiger partial charge in [0.2, 0.25) is 0 Å². The van der Waals surface area contributed by atoms with Gasteiger partial charge in [0, 0.05) is 5.88 Å². The second kappa shape index (κ2) is 4.33. The van der Waals surface area contributed by atoms with Gasteiger partial charge in [-0.25, -0.2) is 0 Å². The van der Waals surface area contributed by atoms with Crippen LogP contribution in [0.4, 0.5) is 5.69 Å². The summed E-state index contributed by atoms with van der Waals surface area (Å²) in [4.78, 5) is 0. The molecule has 0 aliphatic carbocycles. The molecular formula is C9H13ClN2. The van der Waals surface area contributed by atoms with Crippen molar-refractivity contribution in [2.45, 2.75) is 19.2 Å². The minimum atomic E-state index is 0.504. The van der Waals surface area contributed by atoms with Crippen LogP contribution in [0, 0.1) is 0 Å². The van der Waals surface area contributed by atoms with Crippen LogP contribution in [0.2, 0.25) is 0 Å². The zero-order chi connectivity index (χ0) is 8.97. The van der Waals surface area contributed by atoms with E-state index in [1.165, 1.54) is 5.56 Å². The average Bonchev–Trinajstić information content (AvgIpc) is 2.16. The van der Waals surface area contributed by atoms with E-state index in [0.29, 0.717) is 5.88 Å². The van der Waals surface area contributed by atoms with Gasteiger partial charge in [0.05, 0.1) is 5.69 Å². The number of nitrogen functional groups attached to an aromatic ring is 1. The Morgan fingerprint density at radius 2 is 2.25 bits per heavy atom. The molecule has 3 heteroatoms. The molecule has 1 aromatic rings. The number of hydrogen-bond donors (Lipinski definition) is 2. The van der Waals surface area contributed by atoms with E-state index in [-0.39, 0.29) is 0 Å². The summed E-state index contributed by atoms with van der Waals surface area (Å²) in [5, 5.41) is 0. The number of hydrazine groups is 1. The van der Waals surface area contributed by atoms with Gasteiger partial charge in [0.1, 0.15) is 0 Å². The molecule has 0 amide bonds. The average molecular weight is 185 g/mol. The maximum Gasteiger partial charge on any atom is 0.0531 e. The van der Waals surface area contributed by atoms with Crippen molar-refractivity contribution in [3.8, 4) is 0 Å². The van der Waals surface area contributed by atoms with Crippen LogP contribution in [0.25, 0.3) is 0 Å². The molecule has 12 heavy (non-hydrogen) atoms. The maximum absolute atomic E-state index is 5.80. The van der Waals surface area contributed by atoms with Crippen molar-refractivity contribution in [1.82, 2.24) is 0 Å². The summed E-state index contributed by atoms with van der Waals surface area (Å²) in [6.07, 6.45) is 0.984. The Labute approximate surface area is 77.7 Å². The van der Waals surface area contributed by atoms with Gasteiger partial charge in [-0.3, -0.25) is 5.84 Å². The number of benzene rings is 1. The van der Waals surface area contributed by atoms with E-state index in [0.717, 1.165) is 17.7 Å². The minimum Gasteiger partial charge on any atom is -0.324 e. The number of aryl methyl sites for hydroxylation is 1. The molecule has 0 aromatic heterocycles. The molecule has 0 bridgehead atoms. The van der Waals surface area contributed by atoms with Crippen LogP contribution in [0.5, 0.6) is 0 Å². The first-order chi connectivity index (χ1) is 5.83. The molecule has 0 fully saturated rings. The van der Waals surface area contributed by atoms with Crippen LogP contribution in [-0.2, 0) is 12.3 Å². The number of nitrogens with two attached hydrogens (primary N) is 1. The lowest BCUT2D eigenvalue weighted by molar-refractivity contribution is 1.09. The largest absolute Gasteiger partial charge is 0.324 e. The van der Waals surface area contributed by atoms with Crippen LogP contribution >= 0.6 is 11.6 Å². The van der Waals surface area contributed by atoms with Crippen molar-refractivity contribution in [2.75, 3.05) is 5.43 Å². The van der Waals surface area contributed by atoms with Crippen molar-refractivity contribution >= 4 is 17.3 Å². The van der Waals surface area contributed by atoms with Gasteiger partial charge in [0.25, 0.3) is 0 Å². The smallest absolute Gasteiger partial charge is 0.0531 e. The maximum atomic E-state index is 5.80. The molecule has 0 spiro atoms. The predicted molar refractivity (Wildman–Crippen MR) is 53.2 cm³/mol. The van der Waals surface area contributed by atoms with Gasteiger partial charge in [-0.2, -0.15) is 0 Å². The molecule has 66 valence electrons. The predicted octanol–water partition coefficient (Wildman–Crippen LogP) is 2.27. The van der Waals surface area contributed by atoms with Crippen LogP contribution in [0.15, 0.2) is 18.2 Å². The third-order valence-electron chi connectivity index (χ3n) is 1.94. The second-order valence-electron chi connectivity index (χ2n) is 2.57. The summed E-state index contributed by atoms with van der Waals surface area (Å²) >= 11 is 5.80. The fraction of sp³-hybridized carbons (Fsp3) is 0.333. The van der Waals surface area contributed by atoms with Gasteiger partial charge in [-0.1, -0.05) is 19.1 Å². The van der Waals surface area contributed by atoms with E-state index in [2.05, 4.69) is 18.4 Å². The third-order valence-corrected chi connectivity index (χ3v) is 2.21. The normalized spacial score (nSPS) is 9.92. The highest BCUT2D eigenvalue weighted by Gasteiger charge is 2.03. The van der Waals surface area contributed by atoms with Crippen molar-refractivity contribution in [3.63, 3.8) is 0 Å². The Kier molecular flexibility index (Phi) is 3.38. The first-order valence-corrected chi connectivity index (χ1v) is 4.50. The summed E-state index contributed by atoms with van der Waals surface area (Å²) in [6, 6.07) is 5.97. The minimum absolute atomic E-state index is 0.504. The molecule has 0 aliphatic rings. The summed E-state index contributed by atoms with van der Waals surface area (Å²) in [6.45, 7) is 2.10. The number of hydrogen-bond acceptors (Lipinski definition) is 2. The van der Waals surface area contributed by atoms with Crippen LogP contribution in [0.3, 0.4) is 0 Å². The van der Waals surface area contributed by atoms with Crippen molar-refractivity contribution in [3.05, 3.63) is 29.3 Å². The number of halogens is 1. The van der Waals surface area contributed by atoms with Crippen LogP contribution < -0.4 is 11.3 Å². The molecule has 0 heterocycles. The molecular weight excluding hydrogens is 172 g/mol. The molecule has 1 aromatic carbocycles. The van der Waals surface area contributed by atoms with E-state index in [4.69, 9.17) is 17.4 Å². The lowest BCUT2D eigenvalue weighted by Crippen LogP contribution is -2.09. The number of rotatable bonds is 3. The number of alkyl halides is 1. The molecule has 0 aliphatic heterocycles. The topological polar surface area (TPSA) is 38.0 Å². The molecule has 1 rings (SSSR count). The van der Waals surface area contributed by atoms with Gasteiger partial charge < -0.3 is 5.43 Å². The monoisotopic (exact) mass is 184 g/mol. The Bertz CT molecular complexity index is 238. The third kappa shape index (κ3) is 1.71. The first-order valence-electron chi connectivity index (χ1n) is 3.96. The first kappa shape index (κ1) is 9.36. The molecule has 0 saturated heterocycles. The number of nitrogens with one attached hydrogen (secondary N) is 1. The molecule has 0 radical (unpaired) electrons. The summed E-state index contributed by atoms with van der Waals surface area (Å²) in [7, 11) is 0. The lowest BCUT2D eigenvalue weighted by atomic mass is 10.1. The Morgan fingerprint density at radius 3 is 2.75 bits per heavy atom. The van der Waals surface area contributed by atoms with E-state index in [1.54, 1.807) is 0 Å². The highest BCUT2D eigenvalue weighted by atomic mass is 35.5. The Balaban J connectivity index is 3.13. The van der Waals surface area contributed by atoms with Gasteiger partial charge in [-0.15, -0.1) is 11.6 Å². The molecule has 3 N–H and O–H groups in total. The second-order valence-corrected chi connectivity index (χ2v) is 2.84. The number of anilines is 1. The molecule has 2 nitrogen and oxygen atoms in total. The fourth-order valence-electron chi connectivity index (χ4n) is 1.26. The SMILES string of the molecule is CCc1cccc(NN)c1CCl. The lowest BCUT2D eigenvalue weighted by Gasteiger charge is -2.10. The van der Waals surface area contributed by atoms with E-state index < -0.39 is 0 Å². The van der Waals surface area contributed by atoms with Gasteiger partial charge in [-0.05, 0) is 23.6 Å². The van der Waals surface area contributed by atoms with E-state index >= 15 is 0 Å². The zero-order valence-corrected chi connectivity index (χ0v) is 7.86. The highest BCUT2D eigenvalue weighted by Crippen LogP contribution is 2.21. The van der Waals surface area contributed by atoms with Gasteiger partial charge in [0.15, 0.2) is 0 Å². The summed E-state index contributed by atoms with van der Waals surface area (Å²) < 4.78 is 0. The van der Waals surface area contributed by atoms with E-state index in [1.807, 2.05) is 12.1 Å². The van der Waals surface area contributed by atoms with Gasteiger partial charge >= 0.3 is 0 Å². The Hall–Kier alpha value is -0.730. The van der Waals surface area contributed by atoms with Crippen molar-refractivity contribution < 1.29 is 0 Å². The van der Waals surface area contributed by atoms with Crippen LogP contribution in [0.1, 0.15) is 18.1 Å². The van der Waals surface area contributed by atoms with Crippen molar-refractivity contribution in [1.29, 1.82) is 0 Å². The van der Waals surface area contributed by atoms with Crippen LogP contribution in [-0.4, -0.2) is 0 Å². The molecule has 0 saturated carbocycles. The standard InChI is InChI=1S/C9H13ClN2/c1-2-7-4-3-5-9(12-11)8(7)6-10/h3-5,12H,2,6,11H2,1H3. The molecule has 0 atom stereocenters. The quantitative estimate of drug-likeness (QED) is 0.430. The summed E-state index contributed by atoms with van der Waals surface area (Å²) in [5.74, 6) is 5.84. The highest BCUT2D eigenvalue weighted by molar-refractivity contribution is 6.17. The van der Waals surface area contributed by atoms with E-state index in [9.17, 15) is 0 Å². The molecule has 0 unspecified atom stereocenters. The Morgan fingerprint density at radius 1 is 1.50 bits per heavy atom.